The maximum atomic E-state index is 6.92. The minimum Gasteiger partial charge on any atom is -0.393 e. The van der Waals surface area contributed by atoms with Gasteiger partial charge in [0.1, 0.15) is 6.29 Å². The molecule has 0 unspecified atom stereocenters. The van der Waals surface area contributed by atoms with Crippen LogP contribution in [0.2, 0.25) is 36.3 Å². The predicted octanol–water partition coefficient (Wildman–Crippen LogP) is 8.13. The van der Waals surface area contributed by atoms with Crippen molar-refractivity contribution in [3.05, 3.63) is 11.6 Å². The van der Waals surface area contributed by atoms with Gasteiger partial charge in [-0.05, 0) is 74.8 Å². The average Bonchev–Trinajstić information content (AvgIpc) is 3.06. The second-order valence-electron chi connectivity index (χ2n) is 12.4. The van der Waals surface area contributed by atoms with Crippen LogP contribution in [0.15, 0.2) is 11.6 Å². The Labute approximate surface area is 172 Å². The van der Waals surface area contributed by atoms with E-state index in [-0.39, 0.29) is 16.4 Å². The first-order chi connectivity index (χ1) is 11.8. The summed E-state index contributed by atoms with van der Waals surface area (Å²) in [6.45, 7) is 30.2. The molecule has 0 spiro atoms. The molecule has 2 nitrogen and oxygen atoms in total. The van der Waals surface area contributed by atoms with Gasteiger partial charge in [-0.1, -0.05) is 60.1 Å². The van der Waals surface area contributed by atoms with Crippen molar-refractivity contribution < 1.29 is 8.85 Å². The predicted molar refractivity (Wildman–Crippen MR) is 125 cm³/mol. The van der Waals surface area contributed by atoms with E-state index in [1.54, 1.807) is 0 Å². The van der Waals surface area contributed by atoms with Crippen molar-refractivity contribution in [2.24, 2.45) is 11.3 Å². The number of rotatable bonds is 8. The summed E-state index contributed by atoms with van der Waals surface area (Å²) in [6.07, 6.45) is 5.98. The lowest BCUT2D eigenvalue weighted by Gasteiger charge is -2.44. The van der Waals surface area contributed by atoms with Crippen LogP contribution in [-0.2, 0) is 8.85 Å². The Morgan fingerprint density at radius 3 is 1.70 bits per heavy atom. The molecule has 1 fully saturated rings. The summed E-state index contributed by atoms with van der Waals surface area (Å²) in [7, 11) is -3.75. The molecule has 0 aromatic heterocycles. The van der Waals surface area contributed by atoms with Crippen LogP contribution >= 0.6 is 0 Å². The van der Waals surface area contributed by atoms with E-state index in [0.717, 1.165) is 0 Å². The average molecular weight is 413 g/mol. The summed E-state index contributed by atoms with van der Waals surface area (Å²) >= 11 is 0. The Kier molecular flexibility index (Phi) is 7.52. The van der Waals surface area contributed by atoms with Crippen molar-refractivity contribution in [1.82, 2.24) is 0 Å². The summed E-state index contributed by atoms with van der Waals surface area (Å²) in [5, 5.41) is 0.408. The van der Waals surface area contributed by atoms with Gasteiger partial charge < -0.3 is 8.85 Å². The van der Waals surface area contributed by atoms with Crippen LogP contribution in [-0.4, -0.2) is 22.9 Å². The lowest BCUT2D eigenvalue weighted by Crippen LogP contribution is -2.51. The third-order valence-corrected chi connectivity index (χ3v) is 16.3. The molecule has 0 heterocycles. The molecule has 160 valence electrons. The number of allylic oxidation sites excluding steroid dienone is 2. The molecule has 0 saturated heterocycles. The molecule has 2 atom stereocenters. The minimum absolute atomic E-state index is 0.0384. The van der Waals surface area contributed by atoms with Crippen LogP contribution in [0.1, 0.15) is 81.6 Å². The Morgan fingerprint density at radius 2 is 1.37 bits per heavy atom. The van der Waals surface area contributed by atoms with Crippen molar-refractivity contribution in [2.45, 2.75) is 124 Å². The van der Waals surface area contributed by atoms with Crippen molar-refractivity contribution in [3.8, 4) is 0 Å². The van der Waals surface area contributed by atoms with Gasteiger partial charge in [0.05, 0.1) is 0 Å². The SMILES string of the molecule is CC(C)=CCC[C@@]1(C)C[C@@H]1C(O[Si](C)(C)C(C)(C)C)O[Si](C)(C)C(C)(C)C. The molecule has 0 radical (unpaired) electrons. The second kappa shape index (κ2) is 8.08. The molecule has 27 heavy (non-hydrogen) atoms. The third-order valence-electron chi connectivity index (χ3n) is 7.45. The van der Waals surface area contributed by atoms with E-state index in [1.165, 1.54) is 24.8 Å². The number of hydrogen-bond donors (Lipinski definition) is 0. The first-order valence-corrected chi connectivity index (χ1v) is 16.6. The standard InChI is InChI=1S/C23H48O2Si2/c1-18(2)15-14-16-23(9)17-19(23)20(24-26(10,11)21(3,4)5)25-27(12,13)22(6,7)8/h15,19-20H,14,16-17H2,1-13H3/t19-,23+/m1/s1. The van der Waals surface area contributed by atoms with Crippen molar-refractivity contribution >= 4 is 16.6 Å². The Balaban J connectivity index is 3.02. The largest absolute Gasteiger partial charge is 0.393 e. The van der Waals surface area contributed by atoms with Crippen LogP contribution < -0.4 is 0 Å². The van der Waals surface area contributed by atoms with Gasteiger partial charge in [0.15, 0.2) is 16.6 Å². The molecule has 1 aliphatic rings. The molecule has 1 saturated carbocycles. The molecular weight excluding hydrogens is 364 g/mol. The normalized spacial score (nSPS) is 24.3. The monoisotopic (exact) mass is 412 g/mol. The number of hydrogen-bond acceptors (Lipinski definition) is 2. The fourth-order valence-corrected chi connectivity index (χ4v) is 5.36. The fraction of sp³-hybridized carbons (Fsp3) is 0.913. The Bertz CT molecular complexity index is 506. The van der Waals surface area contributed by atoms with E-state index in [1.807, 2.05) is 0 Å². The Hall–Kier alpha value is 0.0938. The molecule has 1 rings (SSSR count). The van der Waals surface area contributed by atoms with Crippen LogP contribution in [0.25, 0.3) is 0 Å². The lowest BCUT2D eigenvalue weighted by molar-refractivity contribution is -0.0430. The molecule has 0 bridgehead atoms. The minimum atomic E-state index is -1.88. The highest BCUT2D eigenvalue weighted by Gasteiger charge is 2.57. The summed E-state index contributed by atoms with van der Waals surface area (Å²) < 4.78 is 13.8. The van der Waals surface area contributed by atoms with Crippen LogP contribution in [0.5, 0.6) is 0 Å². The summed E-state index contributed by atoms with van der Waals surface area (Å²) in [4.78, 5) is 0. The molecule has 1 aliphatic carbocycles. The molecule has 0 amide bonds. The quantitative estimate of drug-likeness (QED) is 0.227. The van der Waals surface area contributed by atoms with Crippen molar-refractivity contribution in [1.29, 1.82) is 0 Å². The zero-order valence-corrected chi connectivity index (χ0v) is 22.7. The molecule has 0 N–H and O–H groups in total. The summed E-state index contributed by atoms with van der Waals surface area (Å²) in [5.41, 5.74) is 1.78. The molecular formula is C23H48O2Si2. The second-order valence-corrected chi connectivity index (χ2v) is 21.9. The van der Waals surface area contributed by atoms with Gasteiger partial charge in [0, 0.05) is 5.92 Å². The van der Waals surface area contributed by atoms with Gasteiger partial charge >= 0.3 is 0 Å². The Morgan fingerprint density at radius 1 is 0.963 bits per heavy atom. The molecule has 0 aromatic rings. The molecule has 0 aromatic carbocycles. The molecule has 0 aliphatic heterocycles. The highest BCUT2D eigenvalue weighted by Crippen LogP contribution is 2.60. The van der Waals surface area contributed by atoms with Gasteiger partial charge in [-0.25, -0.2) is 0 Å². The van der Waals surface area contributed by atoms with E-state index in [2.05, 4.69) is 94.6 Å². The highest BCUT2D eigenvalue weighted by atomic mass is 28.4. The van der Waals surface area contributed by atoms with Crippen molar-refractivity contribution in [2.75, 3.05) is 0 Å². The van der Waals surface area contributed by atoms with Crippen LogP contribution in [0, 0.1) is 11.3 Å². The third kappa shape index (κ3) is 6.55. The summed E-state index contributed by atoms with van der Waals surface area (Å²) in [6, 6.07) is 0. The van der Waals surface area contributed by atoms with E-state index >= 15 is 0 Å². The topological polar surface area (TPSA) is 18.5 Å². The maximum Gasteiger partial charge on any atom is 0.195 e. The van der Waals surface area contributed by atoms with E-state index in [9.17, 15) is 0 Å². The van der Waals surface area contributed by atoms with Gasteiger partial charge in [0.25, 0.3) is 0 Å². The van der Waals surface area contributed by atoms with Gasteiger partial charge in [0.2, 0.25) is 0 Å². The van der Waals surface area contributed by atoms with Crippen LogP contribution in [0.4, 0.5) is 0 Å². The van der Waals surface area contributed by atoms with Crippen LogP contribution in [0.3, 0.4) is 0 Å². The fourth-order valence-electron chi connectivity index (χ4n) is 2.97. The van der Waals surface area contributed by atoms with Gasteiger partial charge in [-0.15, -0.1) is 0 Å². The smallest absolute Gasteiger partial charge is 0.195 e. The summed E-state index contributed by atoms with van der Waals surface area (Å²) in [5.74, 6) is 0.534. The first-order valence-electron chi connectivity index (χ1n) is 10.8. The first kappa shape index (κ1) is 25.1. The maximum absolute atomic E-state index is 6.92. The van der Waals surface area contributed by atoms with Gasteiger partial charge in [-0.2, -0.15) is 0 Å². The van der Waals surface area contributed by atoms with E-state index in [0.29, 0.717) is 11.3 Å². The van der Waals surface area contributed by atoms with Gasteiger partial charge in [-0.3, -0.25) is 0 Å². The van der Waals surface area contributed by atoms with E-state index < -0.39 is 16.6 Å². The zero-order chi connectivity index (χ0) is 21.5. The highest BCUT2D eigenvalue weighted by molar-refractivity contribution is 6.75. The van der Waals surface area contributed by atoms with Crippen molar-refractivity contribution in [3.63, 3.8) is 0 Å². The molecule has 4 heteroatoms. The zero-order valence-electron chi connectivity index (χ0n) is 20.7. The van der Waals surface area contributed by atoms with E-state index in [4.69, 9.17) is 8.85 Å². The lowest BCUT2D eigenvalue weighted by atomic mass is 9.99.